The van der Waals surface area contributed by atoms with Gasteiger partial charge in [0, 0.05) is 11.3 Å². The van der Waals surface area contributed by atoms with Crippen LogP contribution in [0.4, 0.5) is 10.1 Å². The highest BCUT2D eigenvalue weighted by Crippen LogP contribution is 2.42. The van der Waals surface area contributed by atoms with E-state index in [4.69, 9.17) is 4.74 Å². The van der Waals surface area contributed by atoms with E-state index in [1.54, 1.807) is 30.3 Å². The molecule has 1 unspecified atom stereocenters. The maximum absolute atomic E-state index is 13.4. The van der Waals surface area contributed by atoms with Crippen LogP contribution in [-0.4, -0.2) is 23.9 Å². The van der Waals surface area contributed by atoms with Gasteiger partial charge in [0.1, 0.15) is 17.3 Å². The summed E-state index contributed by atoms with van der Waals surface area (Å²) in [4.78, 5) is 27.5. The molecule has 1 aliphatic rings. The third-order valence-corrected chi connectivity index (χ3v) is 5.27. The minimum Gasteiger partial charge on any atom is -0.507 e. The SMILES string of the molecule is COc1ccc(N2C(=O)C(=O)/C(=C(\O)c3ccc(F)cc3)C2c2cccc(C)c2)cc1. The van der Waals surface area contributed by atoms with E-state index >= 15 is 0 Å². The highest BCUT2D eigenvalue weighted by atomic mass is 19.1. The van der Waals surface area contributed by atoms with Gasteiger partial charge in [-0.15, -0.1) is 0 Å². The van der Waals surface area contributed by atoms with Crippen LogP contribution in [0.5, 0.6) is 5.75 Å². The summed E-state index contributed by atoms with van der Waals surface area (Å²) < 4.78 is 18.5. The van der Waals surface area contributed by atoms with E-state index < -0.39 is 23.5 Å². The molecule has 0 bridgehead atoms. The van der Waals surface area contributed by atoms with Gasteiger partial charge >= 0.3 is 0 Å². The molecular formula is C25H20FNO4. The molecule has 5 nitrogen and oxygen atoms in total. The highest BCUT2D eigenvalue weighted by Gasteiger charge is 2.47. The lowest BCUT2D eigenvalue weighted by atomic mass is 9.94. The van der Waals surface area contributed by atoms with Gasteiger partial charge in [0.2, 0.25) is 0 Å². The van der Waals surface area contributed by atoms with Crippen LogP contribution in [0.3, 0.4) is 0 Å². The van der Waals surface area contributed by atoms with Gasteiger partial charge < -0.3 is 9.84 Å². The van der Waals surface area contributed by atoms with E-state index in [1.165, 1.54) is 36.3 Å². The number of nitrogens with zero attached hydrogens (tertiary/aromatic N) is 1. The normalized spacial score (nSPS) is 17.8. The van der Waals surface area contributed by atoms with Gasteiger partial charge in [-0.25, -0.2) is 4.39 Å². The Morgan fingerprint density at radius 1 is 1.00 bits per heavy atom. The van der Waals surface area contributed by atoms with E-state index in [1.807, 2.05) is 25.1 Å². The van der Waals surface area contributed by atoms with Crippen LogP contribution in [0.25, 0.3) is 5.76 Å². The quantitative estimate of drug-likeness (QED) is 0.377. The van der Waals surface area contributed by atoms with Gasteiger partial charge in [0.15, 0.2) is 0 Å². The van der Waals surface area contributed by atoms with Crippen LogP contribution < -0.4 is 9.64 Å². The molecule has 0 spiro atoms. The Hall–Kier alpha value is -3.93. The predicted octanol–water partition coefficient (Wildman–Crippen LogP) is 4.77. The lowest BCUT2D eigenvalue weighted by Crippen LogP contribution is -2.29. The fraction of sp³-hybridized carbons (Fsp3) is 0.120. The fourth-order valence-corrected chi connectivity index (χ4v) is 3.76. The molecule has 1 fully saturated rings. The molecule has 3 aromatic carbocycles. The lowest BCUT2D eigenvalue weighted by Gasteiger charge is -2.26. The minimum atomic E-state index is -0.835. The summed E-state index contributed by atoms with van der Waals surface area (Å²) in [5.41, 5.74) is 2.33. The van der Waals surface area contributed by atoms with Crippen LogP contribution in [0.1, 0.15) is 22.7 Å². The zero-order valence-electron chi connectivity index (χ0n) is 17.0. The Morgan fingerprint density at radius 3 is 2.29 bits per heavy atom. The first-order valence-corrected chi connectivity index (χ1v) is 9.68. The number of amides is 1. The molecule has 1 aliphatic heterocycles. The van der Waals surface area contributed by atoms with Gasteiger partial charge in [-0.05, 0) is 61.0 Å². The second-order valence-electron chi connectivity index (χ2n) is 7.29. The van der Waals surface area contributed by atoms with Crippen LogP contribution in [0.2, 0.25) is 0 Å². The standard InChI is InChI=1S/C25H20FNO4/c1-15-4-3-5-17(14-15)22-21(23(28)16-6-8-18(26)9-7-16)24(29)25(30)27(22)19-10-12-20(31-2)13-11-19/h3-14,22,28H,1-2H3/b23-21-. The molecule has 6 heteroatoms. The molecule has 3 aromatic rings. The number of halogens is 1. The summed E-state index contributed by atoms with van der Waals surface area (Å²) in [6.45, 7) is 1.91. The third kappa shape index (κ3) is 3.68. The Bertz CT molecular complexity index is 1180. The van der Waals surface area contributed by atoms with Crippen LogP contribution >= 0.6 is 0 Å². The molecule has 156 valence electrons. The first-order valence-electron chi connectivity index (χ1n) is 9.68. The number of aliphatic hydroxyl groups excluding tert-OH is 1. The number of aliphatic hydroxyl groups is 1. The maximum atomic E-state index is 13.4. The van der Waals surface area contributed by atoms with Gasteiger partial charge in [-0.1, -0.05) is 29.8 Å². The number of aryl methyl sites for hydroxylation is 1. The molecule has 1 heterocycles. The van der Waals surface area contributed by atoms with Gasteiger partial charge in [0.25, 0.3) is 11.7 Å². The summed E-state index contributed by atoms with van der Waals surface area (Å²) in [6.07, 6.45) is 0. The monoisotopic (exact) mass is 417 g/mol. The summed E-state index contributed by atoms with van der Waals surface area (Å²) in [5, 5.41) is 11.0. The average molecular weight is 417 g/mol. The van der Waals surface area contributed by atoms with E-state index in [2.05, 4.69) is 0 Å². The molecule has 4 rings (SSSR count). The van der Waals surface area contributed by atoms with Crippen molar-refractivity contribution in [3.63, 3.8) is 0 Å². The van der Waals surface area contributed by atoms with Crippen molar-refractivity contribution in [1.29, 1.82) is 0 Å². The molecule has 0 radical (unpaired) electrons. The van der Waals surface area contributed by atoms with Crippen molar-refractivity contribution in [3.05, 3.63) is 101 Å². The minimum absolute atomic E-state index is 0.0435. The van der Waals surface area contributed by atoms with Crippen LogP contribution in [0, 0.1) is 12.7 Å². The summed E-state index contributed by atoms with van der Waals surface area (Å²) in [5.74, 6) is -1.76. The number of anilines is 1. The second-order valence-corrected chi connectivity index (χ2v) is 7.29. The van der Waals surface area contributed by atoms with Gasteiger partial charge in [-0.2, -0.15) is 0 Å². The molecule has 0 saturated carbocycles. The van der Waals surface area contributed by atoms with Crippen molar-refractivity contribution in [3.8, 4) is 5.75 Å². The number of hydrogen-bond donors (Lipinski definition) is 1. The number of benzene rings is 3. The van der Waals surface area contributed by atoms with Gasteiger partial charge in [-0.3, -0.25) is 14.5 Å². The van der Waals surface area contributed by atoms with E-state index in [0.29, 0.717) is 17.0 Å². The molecule has 1 N–H and O–H groups in total. The first kappa shape index (κ1) is 20.3. The summed E-state index contributed by atoms with van der Waals surface area (Å²) >= 11 is 0. The number of carbonyl (C=O) groups excluding carboxylic acids is 2. The third-order valence-electron chi connectivity index (χ3n) is 5.27. The Labute approximate surface area is 179 Å². The lowest BCUT2D eigenvalue weighted by molar-refractivity contribution is -0.132. The molecule has 1 amide bonds. The molecule has 0 aromatic heterocycles. The Balaban J connectivity index is 1.92. The maximum Gasteiger partial charge on any atom is 0.300 e. The summed E-state index contributed by atoms with van der Waals surface area (Å²) in [6, 6.07) is 18.5. The first-order chi connectivity index (χ1) is 14.9. The van der Waals surface area contributed by atoms with Crippen LogP contribution in [-0.2, 0) is 9.59 Å². The number of ether oxygens (including phenoxy) is 1. The number of carbonyl (C=O) groups is 2. The number of Topliss-reactive ketones (excluding diaryl/α,β-unsaturated/α-hetero) is 1. The Kier molecular flexibility index (Phi) is 5.29. The van der Waals surface area contributed by atoms with E-state index in [9.17, 15) is 19.1 Å². The summed E-state index contributed by atoms with van der Waals surface area (Å²) in [7, 11) is 1.54. The molecule has 31 heavy (non-hydrogen) atoms. The number of ketones is 1. The molecule has 1 saturated heterocycles. The largest absolute Gasteiger partial charge is 0.507 e. The zero-order valence-corrected chi connectivity index (χ0v) is 17.0. The fourth-order valence-electron chi connectivity index (χ4n) is 3.76. The van der Waals surface area contributed by atoms with Crippen molar-refractivity contribution < 1.29 is 23.8 Å². The van der Waals surface area contributed by atoms with Crippen molar-refractivity contribution >= 4 is 23.1 Å². The highest BCUT2D eigenvalue weighted by molar-refractivity contribution is 6.51. The Morgan fingerprint density at radius 2 is 1.68 bits per heavy atom. The van der Waals surface area contributed by atoms with E-state index in [-0.39, 0.29) is 16.9 Å². The topological polar surface area (TPSA) is 66.8 Å². The van der Waals surface area contributed by atoms with Crippen molar-refractivity contribution in [2.24, 2.45) is 0 Å². The number of hydrogen-bond acceptors (Lipinski definition) is 4. The predicted molar refractivity (Wildman–Crippen MR) is 115 cm³/mol. The number of rotatable bonds is 4. The van der Waals surface area contributed by atoms with Crippen molar-refractivity contribution in [1.82, 2.24) is 0 Å². The molecule has 0 aliphatic carbocycles. The van der Waals surface area contributed by atoms with Gasteiger partial charge in [0.05, 0.1) is 18.7 Å². The van der Waals surface area contributed by atoms with Crippen molar-refractivity contribution in [2.45, 2.75) is 13.0 Å². The van der Waals surface area contributed by atoms with E-state index in [0.717, 1.165) is 5.56 Å². The number of methoxy groups -OCH3 is 1. The zero-order chi connectivity index (χ0) is 22.1. The van der Waals surface area contributed by atoms with Crippen molar-refractivity contribution in [2.75, 3.05) is 12.0 Å². The second kappa shape index (κ2) is 8.07. The molecular weight excluding hydrogens is 397 g/mol. The van der Waals surface area contributed by atoms with Crippen LogP contribution in [0.15, 0.2) is 78.4 Å². The molecule has 1 atom stereocenters. The smallest absolute Gasteiger partial charge is 0.300 e. The average Bonchev–Trinajstić information content (AvgIpc) is 3.04.